The molecule has 0 spiro atoms. The molecule has 6 nitrogen and oxygen atoms in total. The first-order valence-corrected chi connectivity index (χ1v) is 12.6. The number of anilines is 2. The highest BCUT2D eigenvalue weighted by Gasteiger charge is 2.41. The summed E-state index contributed by atoms with van der Waals surface area (Å²) in [6, 6.07) is 26.9. The summed E-state index contributed by atoms with van der Waals surface area (Å²) >= 11 is 1.31. The third-order valence-corrected chi connectivity index (χ3v) is 6.59. The van der Waals surface area contributed by atoms with Crippen LogP contribution in [-0.2, 0) is 16.0 Å². The van der Waals surface area contributed by atoms with Gasteiger partial charge >= 0.3 is 0 Å². The Balaban J connectivity index is 1.51. The molecular formula is C28H29N3O3S. The summed E-state index contributed by atoms with van der Waals surface area (Å²) in [5.41, 5.74) is 2.63. The van der Waals surface area contributed by atoms with Gasteiger partial charge in [0, 0.05) is 12.1 Å². The standard InChI is InChI=1S/C28H29N3O3S/c1-3-34-24-16-14-23(15-17-24)31-26(32)19-25(27(31)33)35-28(30-22-12-8-5-9-13-22)29-20(2)18-21-10-6-4-7-11-21/h4-17,20,25H,3,18-19H2,1-2H3,(H,29,30). The van der Waals surface area contributed by atoms with E-state index >= 15 is 0 Å². The minimum Gasteiger partial charge on any atom is -0.494 e. The molecule has 1 saturated heterocycles. The Hall–Kier alpha value is -3.58. The zero-order valence-corrected chi connectivity index (χ0v) is 20.7. The van der Waals surface area contributed by atoms with E-state index in [0.717, 1.165) is 12.1 Å². The van der Waals surface area contributed by atoms with Crippen molar-refractivity contribution in [2.75, 3.05) is 16.8 Å². The molecule has 2 amide bonds. The Morgan fingerprint density at radius 1 is 1.03 bits per heavy atom. The molecule has 0 radical (unpaired) electrons. The minimum absolute atomic E-state index is 0.00877. The second kappa shape index (κ2) is 11.7. The van der Waals surface area contributed by atoms with Crippen LogP contribution in [0.15, 0.2) is 89.9 Å². The van der Waals surface area contributed by atoms with E-state index in [-0.39, 0.29) is 24.3 Å². The number of para-hydroxylation sites is 1. The number of aliphatic imine (C=N–C) groups is 1. The molecule has 2 atom stereocenters. The van der Waals surface area contributed by atoms with Crippen molar-refractivity contribution in [3.8, 4) is 5.75 Å². The summed E-state index contributed by atoms with van der Waals surface area (Å²) in [7, 11) is 0. The second-order valence-electron chi connectivity index (χ2n) is 8.27. The Kier molecular flexibility index (Phi) is 8.21. The molecule has 0 aromatic heterocycles. The average Bonchev–Trinajstić information content (AvgIpc) is 3.13. The van der Waals surface area contributed by atoms with Crippen LogP contribution in [0.2, 0.25) is 0 Å². The monoisotopic (exact) mass is 487 g/mol. The lowest BCUT2D eigenvalue weighted by atomic mass is 10.1. The van der Waals surface area contributed by atoms with Crippen molar-refractivity contribution in [3.05, 3.63) is 90.5 Å². The van der Waals surface area contributed by atoms with E-state index in [0.29, 0.717) is 23.2 Å². The van der Waals surface area contributed by atoms with E-state index in [1.807, 2.05) is 62.4 Å². The van der Waals surface area contributed by atoms with Gasteiger partial charge in [0.05, 0.1) is 18.3 Å². The molecule has 1 aliphatic heterocycles. The second-order valence-corrected chi connectivity index (χ2v) is 9.46. The van der Waals surface area contributed by atoms with Crippen LogP contribution in [0.1, 0.15) is 25.8 Å². The van der Waals surface area contributed by atoms with Gasteiger partial charge in [-0.3, -0.25) is 14.6 Å². The van der Waals surface area contributed by atoms with Crippen LogP contribution in [0.25, 0.3) is 0 Å². The highest BCUT2D eigenvalue weighted by atomic mass is 32.2. The van der Waals surface area contributed by atoms with Crippen LogP contribution in [0, 0.1) is 0 Å². The largest absolute Gasteiger partial charge is 0.494 e. The summed E-state index contributed by atoms with van der Waals surface area (Å²) in [6.07, 6.45) is 0.899. The number of ether oxygens (including phenoxy) is 1. The molecule has 2 unspecified atom stereocenters. The molecule has 4 rings (SSSR count). The van der Waals surface area contributed by atoms with Crippen LogP contribution in [0.4, 0.5) is 11.4 Å². The summed E-state index contributed by atoms with van der Waals surface area (Å²) in [5, 5.41) is 3.42. The Morgan fingerprint density at radius 2 is 1.69 bits per heavy atom. The third kappa shape index (κ3) is 6.51. The van der Waals surface area contributed by atoms with Gasteiger partial charge in [-0.25, -0.2) is 4.90 Å². The van der Waals surface area contributed by atoms with Gasteiger partial charge < -0.3 is 10.1 Å². The van der Waals surface area contributed by atoms with Gasteiger partial charge in [-0.2, -0.15) is 0 Å². The molecule has 1 heterocycles. The van der Waals surface area contributed by atoms with Crippen LogP contribution in [0.5, 0.6) is 5.75 Å². The lowest BCUT2D eigenvalue weighted by molar-refractivity contribution is -0.121. The van der Waals surface area contributed by atoms with Crippen molar-refractivity contribution in [1.82, 2.24) is 0 Å². The Morgan fingerprint density at radius 3 is 2.34 bits per heavy atom. The fraction of sp³-hybridized carbons (Fsp3) is 0.250. The normalized spacial score (nSPS) is 16.9. The van der Waals surface area contributed by atoms with E-state index in [2.05, 4.69) is 17.4 Å². The van der Waals surface area contributed by atoms with Crippen LogP contribution >= 0.6 is 11.8 Å². The van der Waals surface area contributed by atoms with Crippen molar-refractivity contribution in [3.63, 3.8) is 0 Å². The Labute approximate surface area is 210 Å². The van der Waals surface area contributed by atoms with Crippen LogP contribution in [-0.4, -0.2) is 34.9 Å². The van der Waals surface area contributed by atoms with E-state index in [4.69, 9.17) is 9.73 Å². The number of benzene rings is 3. The molecule has 1 N–H and O–H groups in total. The maximum atomic E-state index is 13.3. The predicted molar refractivity (Wildman–Crippen MR) is 143 cm³/mol. The zero-order valence-electron chi connectivity index (χ0n) is 19.9. The average molecular weight is 488 g/mol. The molecule has 1 fully saturated rings. The number of carbonyl (C=O) groups is 2. The Bertz CT molecular complexity index is 1170. The first-order valence-electron chi connectivity index (χ1n) is 11.7. The molecule has 180 valence electrons. The van der Waals surface area contributed by atoms with E-state index < -0.39 is 5.25 Å². The number of imide groups is 1. The first-order chi connectivity index (χ1) is 17.0. The summed E-state index contributed by atoms with van der Waals surface area (Å²) in [6.45, 7) is 4.51. The third-order valence-electron chi connectivity index (χ3n) is 5.50. The van der Waals surface area contributed by atoms with Gasteiger partial charge in [0.2, 0.25) is 11.8 Å². The number of amides is 2. The van der Waals surface area contributed by atoms with Gasteiger partial charge in [-0.05, 0) is 62.2 Å². The maximum Gasteiger partial charge on any atom is 0.247 e. The van der Waals surface area contributed by atoms with Crippen molar-refractivity contribution in [2.45, 2.75) is 38.0 Å². The lowest BCUT2D eigenvalue weighted by Gasteiger charge is -2.17. The molecule has 3 aromatic carbocycles. The fourth-order valence-corrected chi connectivity index (χ4v) is 5.02. The maximum absolute atomic E-state index is 13.3. The number of hydrogen-bond acceptors (Lipinski definition) is 5. The topological polar surface area (TPSA) is 71.0 Å². The summed E-state index contributed by atoms with van der Waals surface area (Å²) in [4.78, 5) is 32.2. The van der Waals surface area contributed by atoms with E-state index in [1.165, 1.54) is 22.2 Å². The number of nitrogens with zero attached hydrogens (tertiary/aromatic N) is 2. The number of thioether (sulfide) groups is 1. The van der Waals surface area contributed by atoms with Gasteiger partial charge in [0.15, 0.2) is 5.17 Å². The SMILES string of the molecule is CCOc1ccc(N2C(=O)CC(SC(=NC(C)Cc3ccccc3)Nc3ccccc3)C2=O)cc1. The zero-order chi connectivity index (χ0) is 24.6. The van der Waals surface area contributed by atoms with E-state index in [9.17, 15) is 9.59 Å². The molecule has 1 aliphatic rings. The summed E-state index contributed by atoms with van der Waals surface area (Å²) in [5.74, 6) is 0.255. The van der Waals surface area contributed by atoms with Gasteiger partial charge in [-0.15, -0.1) is 0 Å². The summed E-state index contributed by atoms with van der Waals surface area (Å²) < 4.78 is 5.47. The van der Waals surface area contributed by atoms with Crippen LogP contribution in [0.3, 0.4) is 0 Å². The lowest BCUT2D eigenvalue weighted by Crippen LogP contribution is -2.31. The highest BCUT2D eigenvalue weighted by molar-refractivity contribution is 8.15. The smallest absolute Gasteiger partial charge is 0.247 e. The van der Waals surface area contributed by atoms with Gasteiger partial charge in [0.25, 0.3) is 0 Å². The molecule has 0 saturated carbocycles. The van der Waals surface area contributed by atoms with Gasteiger partial charge in [0.1, 0.15) is 11.0 Å². The number of rotatable bonds is 8. The van der Waals surface area contributed by atoms with Gasteiger partial charge in [-0.1, -0.05) is 60.3 Å². The number of hydrogen-bond donors (Lipinski definition) is 1. The predicted octanol–water partition coefficient (Wildman–Crippen LogP) is 5.55. The molecule has 0 bridgehead atoms. The molecule has 35 heavy (non-hydrogen) atoms. The first kappa shape index (κ1) is 24.5. The number of carbonyl (C=O) groups excluding carboxylic acids is 2. The molecule has 7 heteroatoms. The fourth-order valence-electron chi connectivity index (χ4n) is 3.90. The van der Waals surface area contributed by atoms with E-state index in [1.54, 1.807) is 24.3 Å². The van der Waals surface area contributed by atoms with Crippen molar-refractivity contribution < 1.29 is 14.3 Å². The molecular weight excluding hydrogens is 458 g/mol. The number of amidine groups is 1. The van der Waals surface area contributed by atoms with Crippen molar-refractivity contribution in [2.24, 2.45) is 4.99 Å². The van der Waals surface area contributed by atoms with Crippen LogP contribution < -0.4 is 15.0 Å². The van der Waals surface area contributed by atoms with Crippen molar-refractivity contribution in [1.29, 1.82) is 0 Å². The van der Waals surface area contributed by atoms with Crippen molar-refractivity contribution >= 4 is 40.1 Å². The minimum atomic E-state index is -0.548. The molecule has 3 aromatic rings. The number of nitrogens with one attached hydrogen (secondary N) is 1. The highest BCUT2D eigenvalue weighted by Crippen LogP contribution is 2.32. The quantitative estimate of drug-likeness (QED) is 0.256. The molecule has 0 aliphatic carbocycles.